The van der Waals surface area contributed by atoms with Crippen molar-refractivity contribution in [1.82, 2.24) is 5.48 Å². The number of hydrogen-bond donors (Lipinski definition) is 3. The van der Waals surface area contributed by atoms with E-state index in [2.05, 4.69) is 10.3 Å². The molecule has 0 atom stereocenters. The first-order valence-corrected chi connectivity index (χ1v) is 3.18. The molecule has 4 N–H and O–H groups in total. The summed E-state index contributed by atoms with van der Waals surface area (Å²) in [6, 6.07) is 0. The summed E-state index contributed by atoms with van der Waals surface area (Å²) in [7, 11) is 1.64. The average Bonchev–Trinajstić information content (AvgIpc) is 2.03. The molecule has 62 valence electrons. The number of nitrogens with two attached hydrogens (primary N) is 1. The summed E-state index contributed by atoms with van der Waals surface area (Å²) in [6.45, 7) is 1.76. The van der Waals surface area contributed by atoms with Crippen molar-refractivity contribution in [3.63, 3.8) is 0 Å². The van der Waals surface area contributed by atoms with Crippen LogP contribution in [0.3, 0.4) is 0 Å². The zero-order valence-corrected chi connectivity index (χ0v) is 6.72. The van der Waals surface area contributed by atoms with Gasteiger partial charge in [-0.1, -0.05) is 0 Å². The van der Waals surface area contributed by atoms with Crippen molar-refractivity contribution in [3.05, 3.63) is 24.1 Å². The van der Waals surface area contributed by atoms with Crippen LogP contribution in [0.4, 0.5) is 0 Å². The maximum absolute atomic E-state index is 7.33. The highest BCUT2D eigenvalue weighted by Crippen LogP contribution is 1.93. The first-order valence-electron chi connectivity index (χ1n) is 3.18. The Morgan fingerprint density at radius 3 is 2.73 bits per heavy atom. The van der Waals surface area contributed by atoms with Crippen molar-refractivity contribution in [2.75, 3.05) is 7.05 Å². The lowest BCUT2D eigenvalue weighted by molar-refractivity contribution is 0.159. The molecule has 0 heterocycles. The molecule has 0 fully saturated rings. The molecule has 0 unspecified atom stereocenters. The Morgan fingerprint density at radius 1 is 1.64 bits per heavy atom. The molecule has 0 saturated heterocycles. The predicted molar refractivity (Wildman–Crippen MR) is 45.0 cm³/mol. The minimum atomic E-state index is 0.336. The molecule has 0 aromatic heterocycles. The minimum absolute atomic E-state index is 0.336. The topological polar surface area (TPSA) is 71.1 Å². The van der Waals surface area contributed by atoms with Crippen molar-refractivity contribution in [2.24, 2.45) is 5.73 Å². The van der Waals surface area contributed by atoms with Crippen LogP contribution in [0, 0.1) is 5.41 Å². The summed E-state index contributed by atoms with van der Waals surface area (Å²) < 4.78 is 0. The van der Waals surface area contributed by atoms with E-state index in [9.17, 15) is 0 Å². The van der Waals surface area contributed by atoms with Crippen molar-refractivity contribution < 1.29 is 4.84 Å². The Morgan fingerprint density at radius 2 is 2.27 bits per heavy atom. The van der Waals surface area contributed by atoms with E-state index < -0.39 is 0 Å². The number of hydroxylamine groups is 1. The molecular weight excluding hydrogens is 142 g/mol. The van der Waals surface area contributed by atoms with Gasteiger partial charge in [0.2, 0.25) is 0 Å². The van der Waals surface area contributed by atoms with Gasteiger partial charge in [0.05, 0.1) is 5.71 Å². The van der Waals surface area contributed by atoms with E-state index in [0.29, 0.717) is 11.3 Å². The summed E-state index contributed by atoms with van der Waals surface area (Å²) in [5, 5.41) is 7.33. The van der Waals surface area contributed by atoms with E-state index in [1.807, 2.05) is 0 Å². The van der Waals surface area contributed by atoms with Gasteiger partial charge >= 0.3 is 0 Å². The molecule has 0 aliphatic heterocycles. The molecule has 4 heteroatoms. The summed E-state index contributed by atoms with van der Waals surface area (Å²) in [5.74, 6) is 0. The molecule has 0 rings (SSSR count). The van der Waals surface area contributed by atoms with Crippen LogP contribution in [0.5, 0.6) is 0 Å². The van der Waals surface area contributed by atoms with Gasteiger partial charge in [-0.3, -0.25) is 0 Å². The van der Waals surface area contributed by atoms with Crippen LogP contribution in [0.15, 0.2) is 24.1 Å². The minimum Gasteiger partial charge on any atom is -0.417 e. The maximum atomic E-state index is 7.33. The average molecular weight is 155 g/mol. The standard InChI is InChI=1S/C7H13N3O/c1-6(5-8)7(9)3-4-11-10-2/h3-5,9-10H,8H2,1-2H3/b4-3+,6-5+,9-7?. The van der Waals surface area contributed by atoms with Gasteiger partial charge in [0.1, 0.15) is 6.26 Å². The van der Waals surface area contributed by atoms with Crippen molar-refractivity contribution in [2.45, 2.75) is 6.92 Å². The molecule has 0 aromatic rings. The molecular formula is C7H13N3O. The highest BCUT2D eigenvalue weighted by atomic mass is 16.6. The lowest BCUT2D eigenvalue weighted by Gasteiger charge is -1.96. The van der Waals surface area contributed by atoms with Gasteiger partial charge in [0.25, 0.3) is 0 Å². The molecule has 0 radical (unpaired) electrons. The first-order chi connectivity index (χ1) is 5.22. The second kappa shape index (κ2) is 5.49. The monoisotopic (exact) mass is 155 g/mol. The summed E-state index contributed by atoms with van der Waals surface area (Å²) in [6.07, 6.45) is 4.27. The largest absolute Gasteiger partial charge is 0.417 e. The second-order valence-corrected chi connectivity index (χ2v) is 1.89. The quantitative estimate of drug-likeness (QED) is 0.315. The molecule has 0 saturated carbocycles. The van der Waals surface area contributed by atoms with E-state index in [0.717, 1.165) is 0 Å². The van der Waals surface area contributed by atoms with Gasteiger partial charge in [0.15, 0.2) is 0 Å². The molecule has 4 nitrogen and oxygen atoms in total. The normalized spacial score (nSPS) is 12.0. The Labute approximate surface area is 66.2 Å². The van der Waals surface area contributed by atoms with Crippen LogP contribution in [0.1, 0.15) is 6.92 Å². The Hall–Kier alpha value is -1.29. The van der Waals surface area contributed by atoms with Crippen LogP contribution in [-0.2, 0) is 4.84 Å². The van der Waals surface area contributed by atoms with Crippen LogP contribution < -0.4 is 11.2 Å². The van der Waals surface area contributed by atoms with E-state index >= 15 is 0 Å². The molecule has 11 heavy (non-hydrogen) atoms. The van der Waals surface area contributed by atoms with Crippen LogP contribution in [-0.4, -0.2) is 12.8 Å². The van der Waals surface area contributed by atoms with Gasteiger partial charge < -0.3 is 16.0 Å². The molecule has 0 aromatic carbocycles. The molecule has 0 bridgehead atoms. The molecule has 0 amide bonds. The van der Waals surface area contributed by atoms with Crippen molar-refractivity contribution in [1.29, 1.82) is 5.41 Å². The Kier molecular flexibility index (Phi) is 4.85. The van der Waals surface area contributed by atoms with Gasteiger partial charge in [-0.2, -0.15) is 5.48 Å². The lowest BCUT2D eigenvalue weighted by Crippen LogP contribution is -2.02. The fraction of sp³-hybridized carbons (Fsp3) is 0.286. The third-order valence-corrected chi connectivity index (χ3v) is 1.10. The van der Waals surface area contributed by atoms with E-state index in [-0.39, 0.29) is 0 Å². The zero-order valence-electron chi connectivity index (χ0n) is 6.72. The first kappa shape index (κ1) is 9.71. The van der Waals surface area contributed by atoms with Crippen LogP contribution in [0.25, 0.3) is 0 Å². The van der Waals surface area contributed by atoms with Gasteiger partial charge in [-0.25, -0.2) is 0 Å². The third-order valence-electron chi connectivity index (χ3n) is 1.10. The van der Waals surface area contributed by atoms with E-state index in [1.165, 1.54) is 18.5 Å². The second-order valence-electron chi connectivity index (χ2n) is 1.89. The van der Waals surface area contributed by atoms with E-state index in [1.54, 1.807) is 14.0 Å². The zero-order chi connectivity index (χ0) is 8.69. The number of rotatable bonds is 4. The summed E-state index contributed by atoms with van der Waals surface area (Å²) in [5.41, 5.74) is 8.67. The van der Waals surface area contributed by atoms with Crippen molar-refractivity contribution >= 4 is 5.71 Å². The number of allylic oxidation sites excluding steroid dienone is 2. The number of nitrogens with one attached hydrogen (secondary N) is 2. The smallest absolute Gasteiger partial charge is 0.113 e. The lowest BCUT2D eigenvalue weighted by atomic mass is 10.2. The highest BCUT2D eigenvalue weighted by Gasteiger charge is 1.91. The fourth-order valence-corrected chi connectivity index (χ4v) is 0.391. The summed E-state index contributed by atoms with van der Waals surface area (Å²) in [4.78, 5) is 4.66. The SMILES string of the molecule is CNO/C=C/C(=N)/C(C)=C/N. The highest BCUT2D eigenvalue weighted by molar-refractivity contribution is 6.05. The maximum Gasteiger partial charge on any atom is 0.113 e. The molecule has 0 spiro atoms. The summed E-state index contributed by atoms with van der Waals surface area (Å²) >= 11 is 0. The van der Waals surface area contributed by atoms with Gasteiger partial charge in [0, 0.05) is 13.1 Å². The van der Waals surface area contributed by atoms with Crippen LogP contribution >= 0.6 is 0 Å². The van der Waals surface area contributed by atoms with Crippen LogP contribution in [0.2, 0.25) is 0 Å². The fourth-order valence-electron chi connectivity index (χ4n) is 0.391. The predicted octanol–water partition coefficient (Wildman–Crippen LogP) is 0.533. The molecule has 0 aliphatic rings. The van der Waals surface area contributed by atoms with Crippen molar-refractivity contribution in [3.8, 4) is 0 Å². The molecule has 0 aliphatic carbocycles. The Bertz CT molecular complexity index is 184. The third kappa shape index (κ3) is 4.16. The van der Waals surface area contributed by atoms with E-state index in [4.69, 9.17) is 11.1 Å². The number of hydrogen-bond acceptors (Lipinski definition) is 4. The Balaban J connectivity index is 3.87. The van der Waals surface area contributed by atoms with Gasteiger partial charge in [-0.15, -0.1) is 0 Å². The van der Waals surface area contributed by atoms with Gasteiger partial charge in [-0.05, 0) is 18.7 Å².